The molecule has 2 amide bonds. The van der Waals surface area contributed by atoms with Crippen LogP contribution in [0.25, 0.3) is 0 Å². The number of nitrogens with zero attached hydrogens (tertiary/aromatic N) is 3. The molecule has 2 atom stereocenters. The molecule has 0 aromatic carbocycles. The number of amides is 2. The fraction of sp³-hybridized carbons (Fsp3) is 0.714. The normalized spacial score (nSPS) is 29.4. The lowest BCUT2D eigenvalue weighted by Gasteiger charge is -2.24. The first-order valence-corrected chi connectivity index (χ1v) is 5.95. The van der Waals surface area contributed by atoms with Crippen LogP contribution in [-0.4, -0.2) is 47.6 Å². The van der Waals surface area contributed by atoms with E-state index in [1.165, 1.54) is 4.90 Å². The Morgan fingerprint density at radius 2 is 2.19 bits per heavy atom. The number of hydrogen-bond donors (Lipinski definition) is 1. The van der Waals surface area contributed by atoms with Crippen LogP contribution in [0, 0.1) is 11.3 Å². The van der Waals surface area contributed by atoms with Crippen molar-refractivity contribution < 1.29 is 22.0 Å². The molecule has 2 aliphatic heterocycles. The molecular weight excluding hydrogens is 238 g/mol. The lowest BCUT2D eigenvalue weighted by Crippen LogP contribution is -2.38. The second-order valence-electron chi connectivity index (χ2n) is 3.64. The zero-order valence-electron chi connectivity index (χ0n) is 8.11. The van der Waals surface area contributed by atoms with Gasteiger partial charge in [0.15, 0.2) is 0 Å². The summed E-state index contributed by atoms with van der Waals surface area (Å²) in [5.41, 5.74) is 0. The van der Waals surface area contributed by atoms with E-state index in [0.717, 1.165) is 0 Å². The van der Waals surface area contributed by atoms with Gasteiger partial charge in [0, 0.05) is 6.54 Å². The van der Waals surface area contributed by atoms with E-state index in [0.29, 0.717) is 17.9 Å². The fourth-order valence-corrected chi connectivity index (χ4v) is 2.35. The van der Waals surface area contributed by atoms with Crippen molar-refractivity contribution in [3.8, 4) is 6.07 Å². The SMILES string of the molecule is N#C[C@@H]1CC[C@H]2CN1C(=O)N2OS(=O)(=O)O. The average molecular weight is 247 g/mol. The second-order valence-corrected chi connectivity index (χ2v) is 4.64. The Kier molecular flexibility index (Phi) is 2.49. The number of rotatable bonds is 2. The van der Waals surface area contributed by atoms with Gasteiger partial charge in [-0.3, -0.25) is 4.55 Å². The highest BCUT2D eigenvalue weighted by Crippen LogP contribution is 2.30. The van der Waals surface area contributed by atoms with Crippen LogP contribution in [-0.2, 0) is 14.7 Å². The summed E-state index contributed by atoms with van der Waals surface area (Å²) >= 11 is 0. The molecule has 2 fully saturated rings. The van der Waals surface area contributed by atoms with Crippen LogP contribution in [0.1, 0.15) is 12.8 Å². The molecule has 0 radical (unpaired) electrons. The number of carbonyl (C=O) groups excluding carboxylic acids is 1. The molecular formula is C7H9N3O5S. The summed E-state index contributed by atoms with van der Waals surface area (Å²) in [5.74, 6) is 0. The summed E-state index contributed by atoms with van der Waals surface area (Å²) in [6, 6.07) is 0.266. The summed E-state index contributed by atoms with van der Waals surface area (Å²) < 4.78 is 33.7. The monoisotopic (exact) mass is 247 g/mol. The Bertz CT molecular complexity index is 455. The molecule has 88 valence electrons. The molecule has 0 aromatic rings. The van der Waals surface area contributed by atoms with Gasteiger partial charge in [0.05, 0.1) is 12.1 Å². The third kappa shape index (κ3) is 1.82. The van der Waals surface area contributed by atoms with E-state index >= 15 is 0 Å². The number of carbonyl (C=O) groups is 1. The molecule has 0 aliphatic carbocycles. The highest BCUT2D eigenvalue weighted by atomic mass is 32.3. The third-order valence-corrected chi connectivity index (χ3v) is 3.00. The Morgan fingerprint density at radius 1 is 1.50 bits per heavy atom. The third-order valence-electron chi connectivity index (χ3n) is 2.65. The highest BCUT2D eigenvalue weighted by molar-refractivity contribution is 7.80. The molecule has 0 spiro atoms. The minimum absolute atomic E-state index is 0.243. The summed E-state index contributed by atoms with van der Waals surface area (Å²) in [6.07, 6.45) is 0.939. The molecule has 2 saturated heterocycles. The Hall–Kier alpha value is -1.37. The van der Waals surface area contributed by atoms with Crippen LogP contribution in [0.4, 0.5) is 4.79 Å². The fourth-order valence-electron chi connectivity index (χ4n) is 1.97. The predicted octanol–water partition coefficient (Wildman–Crippen LogP) is -0.487. The van der Waals surface area contributed by atoms with Gasteiger partial charge in [-0.25, -0.2) is 4.79 Å². The van der Waals surface area contributed by atoms with E-state index in [-0.39, 0.29) is 6.54 Å². The Balaban J connectivity index is 2.20. The van der Waals surface area contributed by atoms with Gasteiger partial charge < -0.3 is 4.90 Å². The van der Waals surface area contributed by atoms with Gasteiger partial charge in [0.2, 0.25) is 0 Å². The summed E-state index contributed by atoms with van der Waals surface area (Å²) in [6.45, 7) is 0.243. The maximum Gasteiger partial charge on any atom is 0.418 e. The van der Waals surface area contributed by atoms with E-state index in [9.17, 15) is 13.2 Å². The van der Waals surface area contributed by atoms with Crippen LogP contribution in [0.3, 0.4) is 0 Å². The maximum atomic E-state index is 11.6. The van der Waals surface area contributed by atoms with Crippen molar-refractivity contribution in [1.82, 2.24) is 9.96 Å². The predicted molar refractivity (Wildman–Crippen MR) is 49.0 cm³/mol. The number of piperidine rings is 1. The molecule has 2 aliphatic rings. The Labute approximate surface area is 91.9 Å². The van der Waals surface area contributed by atoms with Crippen molar-refractivity contribution in [2.24, 2.45) is 0 Å². The lowest BCUT2D eigenvalue weighted by molar-refractivity contribution is -0.0316. The first kappa shape index (κ1) is 11.1. The summed E-state index contributed by atoms with van der Waals surface area (Å²) in [7, 11) is -4.71. The summed E-state index contributed by atoms with van der Waals surface area (Å²) in [4.78, 5) is 12.9. The average Bonchev–Trinajstić information content (AvgIpc) is 2.43. The van der Waals surface area contributed by atoms with E-state index in [4.69, 9.17) is 9.81 Å². The van der Waals surface area contributed by atoms with E-state index in [1.54, 1.807) is 0 Å². The molecule has 2 heterocycles. The van der Waals surface area contributed by atoms with Crippen LogP contribution < -0.4 is 0 Å². The van der Waals surface area contributed by atoms with E-state index < -0.39 is 28.5 Å². The standard InChI is InChI=1S/C7H9N3O5S/c8-3-5-1-2-6-4-9(5)7(11)10(6)15-16(12,13)14/h5-6H,1-2,4H2,(H,12,13,14)/t5-,6-/m0/s1. The molecule has 0 unspecified atom stereocenters. The Morgan fingerprint density at radius 3 is 2.75 bits per heavy atom. The van der Waals surface area contributed by atoms with Gasteiger partial charge in [-0.15, -0.1) is 4.28 Å². The summed E-state index contributed by atoms with van der Waals surface area (Å²) in [5, 5.41) is 9.39. The van der Waals surface area contributed by atoms with Crippen molar-refractivity contribution in [2.45, 2.75) is 24.9 Å². The van der Waals surface area contributed by atoms with Gasteiger partial charge in [-0.1, -0.05) is 0 Å². The molecule has 2 bridgehead atoms. The molecule has 1 N–H and O–H groups in total. The minimum Gasteiger partial charge on any atom is -0.305 e. The molecule has 2 rings (SSSR count). The maximum absolute atomic E-state index is 11.6. The van der Waals surface area contributed by atoms with Gasteiger partial charge in [-0.2, -0.15) is 18.7 Å². The molecule has 9 heteroatoms. The number of hydroxylamine groups is 2. The highest BCUT2D eigenvalue weighted by Gasteiger charge is 2.47. The zero-order valence-corrected chi connectivity index (χ0v) is 8.92. The van der Waals surface area contributed by atoms with Crippen LogP contribution in [0.5, 0.6) is 0 Å². The van der Waals surface area contributed by atoms with Gasteiger partial charge in [-0.05, 0) is 12.8 Å². The van der Waals surface area contributed by atoms with Gasteiger partial charge in [0.1, 0.15) is 6.04 Å². The van der Waals surface area contributed by atoms with Crippen molar-refractivity contribution in [3.63, 3.8) is 0 Å². The van der Waals surface area contributed by atoms with Crippen molar-refractivity contribution in [3.05, 3.63) is 0 Å². The molecule has 0 saturated carbocycles. The number of hydrogen-bond acceptors (Lipinski definition) is 5. The minimum atomic E-state index is -4.71. The topological polar surface area (TPSA) is 111 Å². The van der Waals surface area contributed by atoms with Crippen LogP contribution in [0.2, 0.25) is 0 Å². The molecule has 0 aromatic heterocycles. The number of urea groups is 1. The number of fused-ring (bicyclic) bond motifs is 2. The zero-order chi connectivity index (χ0) is 11.9. The molecule has 8 nitrogen and oxygen atoms in total. The van der Waals surface area contributed by atoms with Crippen molar-refractivity contribution in [1.29, 1.82) is 5.26 Å². The van der Waals surface area contributed by atoms with E-state index in [2.05, 4.69) is 4.28 Å². The van der Waals surface area contributed by atoms with Crippen molar-refractivity contribution >= 4 is 16.4 Å². The number of nitriles is 1. The van der Waals surface area contributed by atoms with Crippen LogP contribution >= 0.6 is 0 Å². The largest absolute Gasteiger partial charge is 0.418 e. The first-order chi connectivity index (χ1) is 7.42. The van der Waals surface area contributed by atoms with Gasteiger partial charge in [0.25, 0.3) is 0 Å². The lowest BCUT2D eigenvalue weighted by atomic mass is 10.0. The second kappa shape index (κ2) is 3.58. The molecule has 16 heavy (non-hydrogen) atoms. The van der Waals surface area contributed by atoms with Crippen molar-refractivity contribution in [2.75, 3.05) is 6.54 Å². The van der Waals surface area contributed by atoms with E-state index in [1.807, 2.05) is 6.07 Å². The van der Waals surface area contributed by atoms with Gasteiger partial charge >= 0.3 is 16.4 Å². The quantitative estimate of drug-likeness (QED) is 0.659. The smallest absolute Gasteiger partial charge is 0.305 e. The van der Waals surface area contributed by atoms with Crippen LogP contribution in [0.15, 0.2) is 0 Å². The first-order valence-electron chi connectivity index (χ1n) is 4.59.